The normalized spacial score (nSPS) is 23.9. The van der Waals surface area contributed by atoms with Gasteiger partial charge in [0.05, 0.1) is 0 Å². The molecule has 2 fully saturated rings. The number of rotatable bonds is 3. The second-order valence-electron chi connectivity index (χ2n) is 6.07. The largest absolute Gasteiger partial charge is 0.329 e. The summed E-state index contributed by atoms with van der Waals surface area (Å²) in [5.74, 6) is 2.26. The minimum Gasteiger partial charge on any atom is -0.329 e. The van der Waals surface area contributed by atoms with Crippen LogP contribution in [-0.4, -0.2) is 21.3 Å². The van der Waals surface area contributed by atoms with Crippen molar-refractivity contribution in [3.63, 3.8) is 0 Å². The summed E-state index contributed by atoms with van der Waals surface area (Å²) in [5.41, 5.74) is 6.25. The number of nitrogens with two attached hydrogens (primary N) is 1. The highest BCUT2D eigenvalue weighted by molar-refractivity contribution is 5.15. The first-order chi connectivity index (χ1) is 8.77. The maximum atomic E-state index is 6.16. The van der Waals surface area contributed by atoms with E-state index in [1.807, 2.05) is 0 Å². The minimum absolute atomic E-state index is 0.0976. The first kappa shape index (κ1) is 12.2. The Morgan fingerprint density at radius 3 is 2.39 bits per heavy atom. The van der Waals surface area contributed by atoms with Crippen LogP contribution in [0, 0.1) is 6.92 Å². The summed E-state index contributed by atoms with van der Waals surface area (Å²) >= 11 is 0. The summed E-state index contributed by atoms with van der Waals surface area (Å²) in [5, 5.41) is 8.85. The van der Waals surface area contributed by atoms with Gasteiger partial charge in [0.2, 0.25) is 0 Å². The fraction of sp³-hybridized carbons (Fsp3) is 0.857. The van der Waals surface area contributed by atoms with E-state index in [-0.39, 0.29) is 5.41 Å². The van der Waals surface area contributed by atoms with E-state index < -0.39 is 0 Å². The van der Waals surface area contributed by atoms with Crippen molar-refractivity contribution >= 4 is 0 Å². The SMILES string of the molecule is Cc1nnc(C2(CN)CCCCCC2)n1C1CC1. The third-order valence-electron chi connectivity index (χ3n) is 4.70. The summed E-state index contributed by atoms with van der Waals surface area (Å²) in [6.45, 7) is 2.80. The molecular weight excluding hydrogens is 224 g/mol. The third-order valence-corrected chi connectivity index (χ3v) is 4.70. The van der Waals surface area contributed by atoms with Crippen LogP contribution in [0.15, 0.2) is 0 Å². The van der Waals surface area contributed by atoms with Gasteiger partial charge < -0.3 is 10.3 Å². The van der Waals surface area contributed by atoms with E-state index in [2.05, 4.69) is 21.7 Å². The molecule has 100 valence electrons. The van der Waals surface area contributed by atoms with Crippen LogP contribution in [0.2, 0.25) is 0 Å². The van der Waals surface area contributed by atoms with E-state index in [4.69, 9.17) is 5.73 Å². The maximum absolute atomic E-state index is 6.16. The lowest BCUT2D eigenvalue weighted by atomic mass is 9.79. The molecule has 0 bridgehead atoms. The Bertz CT molecular complexity index is 411. The van der Waals surface area contributed by atoms with Gasteiger partial charge in [-0.15, -0.1) is 10.2 Å². The van der Waals surface area contributed by atoms with Gasteiger partial charge in [0.1, 0.15) is 11.6 Å². The Labute approximate surface area is 109 Å². The molecule has 18 heavy (non-hydrogen) atoms. The van der Waals surface area contributed by atoms with Crippen LogP contribution in [0.5, 0.6) is 0 Å². The average molecular weight is 248 g/mol. The molecule has 2 aliphatic carbocycles. The van der Waals surface area contributed by atoms with Gasteiger partial charge in [-0.2, -0.15) is 0 Å². The first-order valence-electron chi connectivity index (χ1n) is 7.39. The molecule has 1 aromatic rings. The van der Waals surface area contributed by atoms with Crippen molar-refractivity contribution in [3.8, 4) is 0 Å². The van der Waals surface area contributed by atoms with E-state index in [1.165, 1.54) is 57.2 Å². The summed E-state index contributed by atoms with van der Waals surface area (Å²) in [4.78, 5) is 0. The van der Waals surface area contributed by atoms with E-state index in [0.717, 1.165) is 12.4 Å². The van der Waals surface area contributed by atoms with Crippen LogP contribution in [0.4, 0.5) is 0 Å². The van der Waals surface area contributed by atoms with Crippen LogP contribution in [0.3, 0.4) is 0 Å². The van der Waals surface area contributed by atoms with Crippen LogP contribution >= 0.6 is 0 Å². The lowest BCUT2D eigenvalue weighted by Gasteiger charge is -2.31. The Morgan fingerprint density at radius 2 is 1.83 bits per heavy atom. The highest BCUT2D eigenvalue weighted by Gasteiger charge is 2.40. The molecule has 0 aliphatic heterocycles. The molecular formula is C14H24N4. The Morgan fingerprint density at radius 1 is 1.17 bits per heavy atom. The quantitative estimate of drug-likeness (QED) is 0.836. The Balaban J connectivity index is 1.99. The molecule has 0 radical (unpaired) electrons. The van der Waals surface area contributed by atoms with Gasteiger partial charge in [-0.25, -0.2) is 0 Å². The van der Waals surface area contributed by atoms with Crippen molar-refractivity contribution in [2.75, 3.05) is 6.54 Å². The van der Waals surface area contributed by atoms with Gasteiger partial charge in [0, 0.05) is 18.0 Å². The molecule has 0 atom stereocenters. The third kappa shape index (κ3) is 1.96. The van der Waals surface area contributed by atoms with Gasteiger partial charge in [-0.05, 0) is 32.6 Å². The number of aromatic nitrogens is 3. The molecule has 2 aliphatic rings. The molecule has 0 spiro atoms. The van der Waals surface area contributed by atoms with Crippen LogP contribution in [0.25, 0.3) is 0 Å². The van der Waals surface area contributed by atoms with Crippen LogP contribution < -0.4 is 5.73 Å². The summed E-state index contributed by atoms with van der Waals surface area (Å²) in [6.07, 6.45) is 10.2. The van der Waals surface area contributed by atoms with Crippen molar-refractivity contribution in [2.45, 2.75) is 69.7 Å². The maximum Gasteiger partial charge on any atom is 0.140 e. The van der Waals surface area contributed by atoms with Crippen molar-refractivity contribution < 1.29 is 0 Å². The molecule has 1 heterocycles. The second-order valence-corrected chi connectivity index (χ2v) is 6.07. The fourth-order valence-corrected chi connectivity index (χ4v) is 3.43. The molecule has 4 heteroatoms. The van der Waals surface area contributed by atoms with Crippen LogP contribution in [0.1, 0.15) is 69.1 Å². The molecule has 2 N–H and O–H groups in total. The fourth-order valence-electron chi connectivity index (χ4n) is 3.43. The van der Waals surface area contributed by atoms with E-state index in [0.29, 0.717) is 6.04 Å². The number of hydrogen-bond acceptors (Lipinski definition) is 3. The molecule has 1 aromatic heterocycles. The van der Waals surface area contributed by atoms with Crippen molar-refractivity contribution in [3.05, 3.63) is 11.6 Å². The highest BCUT2D eigenvalue weighted by atomic mass is 15.3. The molecule has 0 aromatic carbocycles. The van der Waals surface area contributed by atoms with Gasteiger partial charge in [-0.1, -0.05) is 25.7 Å². The standard InChI is InChI=1S/C14H24N4/c1-11-16-17-13(18(11)12-6-7-12)14(10-15)8-4-2-3-5-9-14/h12H,2-10,15H2,1H3. The number of hydrogen-bond donors (Lipinski definition) is 1. The van der Waals surface area contributed by atoms with Crippen LogP contribution in [-0.2, 0) is 5.41 Å². The van der Waals surface area contributed by atoms with E-state index in [1.54, 1.807) is 0 Å². The van der Waals surface area contributed by atoms with Crippen molar-refractivity contribution in [1.82, 2.24) is 14.8 Å². The number of aryl methyl sites for hydroxylation is 1. The molecule has 4 nitrogen and oxygen atoms in total. The minimum atomic E-state index is 0.0976. The van der Waals surface area contributed by atoms with Gasteiger partial charge in [0.25, 0.3) is 0 Å². The summed E-state index contributed by atoms with van der Waals surface area (Å²) in [6, 6.07) is 0.654. The monoisotopic (exact) mass is 248 g/mol. The van der Waals surface area contributed by atoms with Gasteiger partial charge in [-0.3, -0.25) is 0 Å². The predicted octanol–water partition coefficient (Wildman–Crippen LogP) is 2.47. The average Bonchev–Trinajstić information content (AvgIpc) is 3.17. The molecule has 3 rings (SSSR count). The number of nitrogens with zero attached hydrogens (tertiary/aromatic N) is 3. The second kappa shape index (κ2) is 4.65. The zero-order valence-corrected chi connectivity index (χ0v) is 11.4. The summed E-state index contributed by atoms with van der Waals surface area (Å²) < 4.78 is 2.39. The highest BCUT2D eigenvalue weighted by Crippen LogP contribution is 2.42. The smallest absolute Gasteiger partial charge is 0.140 e. The molecule has 0 amide bonds. The molecule has 0 unspecified atom stereocenters. The van der Waals surface area contributed by atoms with E-state index in [9.17, 15) is 0 Å². The van der Waals surface area contributed by atoms with E-state index >= 15 is 0 Å². The predicted molar refractivity (Wildman–Crippen MR) is 71.5 cm³/mol. The van der Waals surface area contributed by atoms with Crippen molar-refractivity contribution in [2.24, 2.45) is 5.73 Å². The Kier molecular flexibility index (Phi) is 3.14. The lowest BCUT2D eigenvalue weighted by Crippen LogP contribution is -2.37. The first-order valence-corrected chi connectivity index (χ1v) is 7.39. The van der Waals surface area contributed by atoms with Gasteiger partial charge >= 0.3 is 0 Å². The zero-order valence-electron chi connectivity index (χ0n) is 11.4. The molecule has 2 saturated carbocycles. The summed E-state index contributed by atoms with van der Waals surface area (Å²) in [7, 11) is 0. The Hall–Kier alpha value is -0.900. The topological polar surface area (TPSA) is 56.7 Å². The molecule has 0 saturated heterocycles. The van der Waals surface area contributed by atoms with Crippen molar-refractivity contribution in [1.29, 1.82) is 0 Å². The lowest BCUT2D eigenvalue weighted by molar-refractivity contribution is 0.342. The van der Waals surface area contributed by atoms with Gasteiger partial charge in [0.15, 0.2) is 0 Å². The zero-order chi connectivity index (χ0) is 12.6.